The second kappa shape index (κ2) is 18.1. The maximum atomic E-state index is 14.1. The van der Waals surface area contributed by atoms with Crippen LogP contribution in [-0.2, 0) is 17.8 Å². The van der Waals surface area contributed by atoms with Gasteiger partial charge in [-0.25, -0.2) is 8.78 Å². The van der Waals surface area contributed by atoms with Gasteiger partial charge in [0.15, 0.2) is 0 Å². The van der Waals surface area contributed by atoms with E-state index in [2.05, 4.69) is 15.8 Å². The summed E-state index contributed by atoms with van der Waals surface area (Å²) < 4.78 is 33.4. The van der Waals surface area contributed by atoms with Crippen molar-refractivity contribution in [3.63, 3.8) is 0 Å². The Morgan fingerprint density at radius 1 is 0.979 bits per heavy atom. The molecule has 0 aliphatic heterocycles. The van der Waals surface area contributed by atoms with E-state index in [1.165, 1.54) is 6.07 Å². The van der Waals surface area contributed by atoms with Crippen LogP contribution in [0.4, 0.5) is 8.78 Å². The van der Waals surface area contributed by atoms with Crippen LogP contribution in [0, 0.1) is 17.6 Å². The van der Waals surface area contributed by atoms with Crippen molar-refractivity contribution in [3.05, 3.63) is 100 Å². The summed E-state index contributed by atoms with van der Waals surface area (Å²) in [6.07, 6.45) is -0.453. The molecule has 3 N–H and O–H groups in total. The molecule has 3 rings (SSSR count). The fourth-order valence-corrected chi connectivity index (χ4v) is 4.89. The van der Waals surface area contributed by atoms with Crippen LogP contribution < -0.4 is 15.4 Å². The molecule has 2 atom stereocenters. The third kappa shape index (κ3) is 11.8. The predicted octanol–water partition coefficient (Wildman–Crippen LogP) is 5.34. The molecular formula is C36H46F2N4O5. The van der Waals surface area contributed by atoms with Crippen molar-refractivity contribution in [2.45, 2.75) is 59.2 Å². The molecular weight excluding hydrogens is 606 g/mol. The van der Waals surface area contributed by atoms with Gasteiger partial charge in [-0.3, -0.25) is 9.59 Å². The highest BCUT2D eigenvalue weighted by Gasteiger charge is 2.25. The van der Waals surface area contributed by atoms with Gasteiger partial charge in [0, 0.05) is 49.4 Å². The summed E-state index contributed by atoms with van der Waals surface area (Å²) in [5.74, 6) is -1.44. The molecule has 3 aromatic rings. The van der Waals surface area contributed by atoms with E-state index in [0.29, 0.717) is 36.7 Å². The van der Waals surface area contributed by atoms with Gasteiger partial charge >= 0.3 is 0 Å². The summed E-state index contributed by atoms with van der Waals surface area (Å²) in [7, 11) is 3.26. The number of aliphatic hydroxyl groups excluding tert-OH is 1. The molecule has 0 aromatic heterocycles. The van der Waals surface area contributed by atoms with E-state index in [1.54, 1.807) is 38.1 Å². The minimum atomic E-state index is -1.15. The fourth-order valence-electron chi connectivity index (χ4n) is 4.89. The predicted molar refractivity (Wildman–Crippen MR) is 179 cm³/mol. The molecule has 0 unspecified atom stereocenters. The first kappa shape index (κ1) is 37.1. The Hall–Kier alpha value is -4.35. The number of aliphatic hydroxyl groups is 1. The van der Waals surface area contributed by atoms with E-state index in [0.717, 1.165) is 30.2 Å². The van der Waals surface area contributed by atoms with E-state index in [-0.39, 0.29) is 41.5 Å². The number of amides is 2. The monoisotopic (exact) mass is 652 g/mol. The topological polar surface area (TPSA) is 112 Å². The molecule has 0 aliphatic carbocycles. The molecule has 254 valence electrons. The largest absolute Gasteiger partial charge is 0.497 e. The van der Waals surface area contributed by atoms with Crippen molar-refractivity contribution < 1.29 is 33.1 Å². The molecule has 0 aliphatic rings. The van der Waals surface area contributed by atoms with Gasteiger partial charge in [0.1, 0.15) is 24.0 Å². The second-order valence-corrected chi connectivity index (χ2v) is 12.0. The summed E-state index contributed by atoms with van der Waals surface area (Å²) in [4.78, 5) is 34.1. The number of oxime groups is 1. The van der Waals surface area contributed by atoms with Crippen molar-refractivity contribution in [3.8, 4) is 5.75 Å². The normalized spacial score (nSPS) is 12.9. The zero-order valence-electron chi connectivity index (χ0n) is 28.0. The van der Waals surface area contributed by atoms with Crippen LogP contribution in [0.25, 0.3) is 0 Å². The molecule has 0 saturated heterocycles. The molecule has 0 heterocycles. The Balaban J connectivity index is 1.91. The maximum Gasteiger partial charge on any atom is 0.253 e. The average Bonchev–Trinajstić information content (AvgIpc) is 3.03. The highest BCUT2D eigenvalue weighted by Crippen LogP contribution is 2.17. The first-order valence-electron chi connectivity index (χ1n) is 15.7. The number of ether oxygens (including phenoxy) is 1. The van der Waals surface area contributed by atoms with Gasteiger partial charge in [0.25, 0.3) is 11.8 Å². The highest BCUT2D eigenvalue weighted by molar-refractivity contribution is 6.06. The summed E-state index contributed by atoms with van der Waals surface area (Å²) >= 11 is 0. The first-order valence-corrected chi connectivity index (χ1v) is 15.7. The van der Waals surface area contributed by atoms with Gasteiger partial charge in [0.2, 0.25) is 0 Å². The number of nitrogens with zero attached hydrogens (tertiary/aromatic N) is 2. The third-order valence-corrected chi connectivity index (χ3v) is 7.35. The lowest BCUT2D eigenvalue weighted by atomic mass is 9.98. The average molecular weight is 653 g/mol. The number of nitrogens with one attached hydrogen (secondary N) is 2. The number of halogens is 2. The van der Waals surface area contributed by atoms with Crippen molar-refractivity contribution in [1.29, 1.82) is 0 Å². The summed E-state index contributed by atoms with van der Waals surface area (Å²) in [5, 5.41) is 21.4. The first-order chi connectivity index (χ1) is 22.4. The smallest absolute Gasteiger partial charge is 0.253 e. The molecule has 0 saturated carbocycles. The van der Waals surface area contributed by atoms with E-state index in [9.17, 15) is 23.5 Å². The lowest BCUT2D eigenvalue weighted by Gasteiger charge is -2.25. The summed E-state index contributed by atoms with van der Waals surface area (Å²) in [6, 6.07) is 14.3. The Morgan fingerprint density at radius 2 is 1.66 bits per heavy atom. The number of benzene rings is 3. The summed E-state index contributed by atoms with van der Waals surface area (Å²) in [6.45, 7) is 9.06. The van der Waals surface area contributed by atoms with E-state index < -0.39 is 29.7 Å². The van der Waals surface area contributed by atoms with E-state index in [4.69, 9.17) is 9.57 Å². The SMILES string of the molecule is CCCN(C)C(=O)c1cc(C(=O)N[C@@H](Cc2cc(F)cc(F)c2)[C@H](O)CNCc2cccc(OC)c2)cc(C(C)=NOCC(C)C)c1. The van der Waals surface area contributed by atoms with Crippen LogP contribution in [0.5, 0.6) is 5.75 Å². The lowest BCUT2D eigenvalue weighted by molar-refractivity contribution is 0.0795. The summed E-state index contributed by atoms with van der Waals surface area (Å²) in [5.41, 5.74) is 2.60. The minimum Gasteiger partial charge on any atom is -0.497 e. The standard InChI is InChI=1S/C36H46F2N4O5/c1-7-11-42(5)36(45)29-17-27(24(4)41-47-22-23(2)3)16-28(18-29)35(44)40-33(15-26-12-30(37)19-31(38)13-26)34(43)21-39-20-25-9-8-10-32(14-25)46-6/h8-10,12-14,16-19,23,33-34,39,43H,7,11,15,20-22H2,1-6H3,(H,40,44)/t33-,34+/m0/s1. The minimum absolute atomic E-state index is 0.0589. The van der Waals surface area contributed by atoms with Crippen LogP contribution in [0.1, 0.15) is 71.5 Å². The van der Waals surface area contributed by atoms with E-state index >= 15 is 0 Å². The van der Waals surface area contributed by atoms with Gasteiger partial charge in [-0.05, 0) is 79.3 Å². The zero-order valence-corrected chi connectivity index (χ0v) is 28.0. The Bertz CT molecular complexity index is 1510. The van der Waals surface area contributed by atoms with Gasteiger partial charge < -0.3 is 30.2 Å². The van der Waals surface area contributed by atoms with Crippen molar-refractivity contribution in [2.75, 3.05) is 33.9 Å². The van der Waals surface area contributed by atoms with Crippen LogP contribution in [0.15, 0.2) is 65.8 Å². The molecule has 0 radical (unpaired) electrons. The van der Waals surface area contributed by atoms with Crippen LogP contribution in [0.2, 0.25) is 0 Å². The zero-order chi connectivity index (χ0) is 34.5. The van der Waals surface area contributed by atoms with Crippen molar-refractivity contribution >= 4 is 17.5 Å². The molecule has 0 fully saturated rings. The quantitative estimate of drug-likeness (QED) is 0.134. The molecule has 9 nitrogen and oxygen atoms in total. The van der Waals surface area contributed by atoms with Gasteiger partial charge in [-0.1, -0.05) is 38.1 Å². The number of rotatable bonds is 17. The van der Waals surface area contributed by atoms with Crippen LogP contribution in [0.3, 0.4) is 0 Å². The van der Waals surface area contributed by atoms with Crippen molar-refractivity contribution in [1.82, 2.24) is 15.5 Å². The second-order valence-electron chi connectivity index (χ2n) is 12.0. The van der Waals surface area contributed by atoms with E-state index in [1.807, 2.05) is 45.0 Å². The molecule has 0 spiro atoms. The molecule has 2 amide bonds. The third-order valence-electron chi connectivity index (χ3n) is 7.35. The molecule has 3 aromatic carbocycles. The van der Waals surface area contributed by atoms with Gasteiger partial charge in [-0.2, -0.15) is 0 Å². The van der Waals surface area contributed by atoms with Crippen LogP contribution in [-0.4, -0.2) is 73.5 Å². The van der Waals surface area contributed by atoms with Gasteiger partial charge in [0.05, 0.1) is 25.0 Å². The molecule has 11 heteroatoms. The maximum absolute atomic E-state index is 14.1. The Labute approximate surface area is 275 Å². The highest BCUT2D eigenvalue weighted by atomic mass is 19.1. The number of carbonyl (C=O) groups excluding carboxylic acids is 2. The van der Waals surface area contributed by atoms with Gasteiger partial charge in [-0.15, -0.1) is 0 Å². The molecule has 0 bridgehead atoms. The Morgan fingerprint density at radius 3 is 2.32 bits per heavy atom. The number of methoxy groups -OCH3 is 1. The lowest BCUT2D eigenvalue weighted by Crippen LogP contribution is -2.48. The number of carbonyl (C=O) groups is 2. The fraction of sp³-hybridized carbons (Fsp3) is 0.417. The number of hydrogen-bond acceptors (Lipinski definition) is 7. The van der Waals surface area contributed by atoms with Crippen LogP contribution >= 0.6 is 0 Å². The van der Waals surface area contributed by atoms with Crippen molar-refractivity contribution in [2.24, 2.45) is 11.1 Å². The number of hydrogen-bond donors (Lipinski definition) is 3. The Kier molecular flexibility index (Phi) is 14.3. The molecule has 47 heavy (non-hydrogen) atoms.